The van der Waals surface area contributed by atoms with E-state index in [0.29, 0.717) is 11.8 Å². The van der Waals surface area contributed by atoms with E-state index < -0.39 is 0 Å². The van der Waals surface area contributed by atoms with Gasteiger partial charge < -0.3 is 4.98 Å². The maximum atomic E-state index is 3.29. The molecule has 0 spiro atoms. The van der Waals surface area contributed by atoms with E-state index in [1.54, 1.807) is 0 Å². The highest BCUT2D eigenvalue weighted by Gasteiger charge is 2.51. The van der Waals surface area contributed by atoms with Crippen LogP contribution in [0.5, 0.6) is 0 Å². The second-order valence-electron chi connectivity index (χ2n) is 6.56. The van der Waals surface area contributed by atoms with Gasteiger partial charge in [-0.3, -0.25) is 0 Å². The summed E-state index contributed by atoms with van der Waals surface area (Å²) in [5, 5.41) is 0. The molecule has 1 heteroatoms. The summed E-state index contributed by atoms with van der Waals surface area (Å²) in [5.74, 6) is 1.24. The minimum absolute atomic E-state index is 0.199. The number of allylic oxidation sites excluding steroid dienone is 1. The second-order valence-corrected chi connectivity index (χ2v) is 6.56. The van der Waals surface area contributed by atoms with E-state index in [-0.39, 0.29) is 10.8 Å². The lowest BCUT2D eigenvalue weighted by atomic mass is 9.50. The van der Waals surface area contributed by atoms with E-state index in [4.69, 9.17) is 0 Å². The van der Waals surface area contributed by atoms with Gasteiger partial charge in [0.05, 0.1) is 0 Å². The molecule has 0 saturated heterocycles. The molecular formula is C16H25N. The molecule has 2 rings (SSSR count). The minimum Gasteiger partial charge on any atom is -0.367 e. The molecule has 0 fully saturated rings. The highest BCUT2D eigenvalue weighted by atomic mass is 14.7. The summed E-state index contributed by atoms with van der Waals surface area (Å²) < 4.78 is 0. The summed E-state index contributed by atoms with van der Waals surface area (Å²) in [6.07, 6.45) is 9.00. The summed E-state index contributed by atoms with van der Waals surface area (Å²) in [6, 6.07) is 0. The summed E-state index contributed by atoms with van der Waals surface area (Å²) >= 11 is 0. The summed E-state index contributed by atoms with van der Waals surface area (Å²) in [6.45, 7) is 14.2. The second kappa shape index (κ2) is 3.76. The van der Waals surface area contributed by atoms with Crippen molar-refractivity contribution in [3.63, 3.8) is 0 Å². The Balaban J connectivity index is 2.74. The number of rotatable bonds is 2. The third kappa shape index (κ3) is 1.44. The molecular weight excluding hydrogens is 206 g/mol. The molecule has 17 heavy (non-hydrogen) atoms. The van der Waals surface area contributed by atoms with Crippen LogP contribution in [-0.4, -0.2) is 4.98 Å². The standard InChI is InChI=1S/C16H25N/c1-11(2)16(12(3)4)14-10-17-9-13(14)7-8-15(16,5)6/h7-12,17H,1-6H3. The zero-order chi connectivity index (χ0) is 12.8. The van der Waals surface area contributed by atoms with Crippen LogP contribution in [0.2, 0.25) is 0 Å². The Morgan fingerprint density at radius 1 is 1.00 bits per heavy atom. The monoisotopic (exact) mass is 231 g/mol. The van der Waals surface area contributed by atoms with Crippen LogP contribution in [0.4, 0.5) is 0 Å². The number of H-pyrrole nitrogens is 1. The van der Waals surface area contributed by atoms with Gasteiger partial charge in [-0.1, -0.05) is 53.7 Å². The first kappa shape index (κ1) is 12.5. The number of nitrogens with one attached hydrogen (secondary N) is 1. The third-order valence-corrected chi connectivity index (χ3v) is 4.79. The Bertz CT molecular complexity index is 424. The van der Waals surface area contributed by atoms with Crippen molar-refractivity contribution in [3.8, 4) is 0 Å². The smallest absolute Gasteiger partial charge is 0.0105 e. The fraction of sp³-hybridized carbons (Fsp3) is 0.625. The highest BCUT2D eigenvalue weighted by molar-refractivity contribution is 5.61. The predicted octanol–water partition coefficient (Wildman–Crippen LogP) is 4.62. The first-order valence-electron chi connectivity index (χ1n) is 6.70. The minimum atomic E-state index is 0.199. The summed E-state index contributed by atoms with van der Waals surface area (Å²) in [7, 11) is 0. The molecule has 1 aliphatic carbocycles. The van der Waals surface area contributed by atoms with Crippen molar-refractivity contribution in [1.29, 1.82) is 0 Å². The Labute approximate surface area is 105 Å². The van der Waals surface area contributed by atoms with Crippen LogP contribution in [0.3, 0.4) is 0 Å². The highest BCUT2D eigenvalue weighted by Crippen LogP contribution is 2.56. The molecule has 0 bridgehead atoms. The molecule has 0 unspecified atom stereocenters. The van der Waals surface area contributed by atoms with E-state index in [0.717, 1.165) is 0 Å². The zero-order valence-electron chi connectivity index (χ0n) is 12.0. The molecule has 1 heterocycles. The van der Waals surface area contributed by atoms with Crippen LogP contribution in [0.25, 0.3) is 6.08 Å². The van der Waals surface area contributed by atoms with Crippen LogP contribution in [-0.2, 0) is 5.41 Å². The Morgan fingerprint density at radius 2 is 1.59 bits per heavy atom. The topological polar surface area (TPSA) is 15.8 Å². The molecule has 1 N–H and O–H groups in total. The maximum absolute atomic E-state index is 3.29. The average molecular weight is 231 g/mol. The van der Waals surface area contributed by atoms with Gasteiger partial charge in [-0.05, 0) is 28.4 Å². The lowest BCUT2D eigenvalue weighted by Gasteiger charge is -2.53. The van der Waals surface area contributed by atoms with Crippen molar-refractivity contribution >= 4 is 6.08 Å². The number of hydrogen-bond acceptors (Lipinski definition) is 0. The average Bonchev–Trinajstić information content (AvgIpc) is 2.63. The summed E-state index contributed by atoms with van der Waals surface area (Å²) in [4.78, 5) is 3.29. The molecule has 0 radical (unpaired) electrons. The van der Waals surface area contributed by atoms with Crippen LogP contribution in [0, 0.1) is 17.3 Å². The first-order chi connectivity index (χ1) is 7.84. The zero-order valence-corrected chi connectivity index (χ0v) is 12.0. The molecule has 0 aromatic carbocycles. The molecule has 1 nitrogen and oxygen atoms in total. The van der Waals surface area contributed by atoms with E-state index in [1.807, 2.05) is 0 Å². The van der Waals surface area contributed by atoms with Gasteiger partial charge in [0, 0.05) is 17.8 Å². The SMILES string of the molecule is CC(C)C1(C(C)C)c2c[nH]cc2C=CC1(C)C. The van der Waals surface area contributed by atoms with Crippen molar-refractivity contribution in [1.82, 2.24) is 4.98 Å². The fourth-order valence-corrected chi connectivity index (χ4v) is 4.43. The first-order valence-corrected chi connectivity index (χ1v) is 6.70. The van der Waals surface area contributed by atoms with Crippen LogP contribution in [0.15, 0.2) is 18.5 Å². The number of hydrogen-bond donors (Lipinski definition) is 1. The molecule has 1 aliphatic rings. The quantitative estimate of drug-likeness (QED) is 0.764. The van der Waals surface area contributed by atoms with Crippen LogP contribution < -0.4 is 0 Å². The van der Waals surface area contributed by atoms with Gasteiger partial charge in [0.2, 0.25) is 0 Å². The molecule has 1 aromatic heterocycles. The Hall–Kier alpha value is -0.980. The van der Waals surface area contributed by atoms with Crippen molar-refractivity contribution in [3.05, 3.63) is 29.6 Å². The van der Waals surface area contributed by atoms with Gasteiger partial charge in [-0.25, -0.2) is 0 Å². The molecule has 0 amide bonds. The number of aromatic nitrogens is 1. The fourth-order valence-electron chi connectivity index (χ4n) is 4.43. The Kier molecular flexibility index (Phi) is 2.76. The van der Waals surface area contributed by atoms with Gasteiger partial charge in [-0.2, -0.15) is 0 Å². The van der Waals surface area contributed by atoms with Crippen LogP contribution in [0.1, 0.15) is 52.7 Å². The lowest BCUT2D eigenvalue weighted by Crippen LogP contribution is -2.50. The van der Waals surface area contributed by atoms with Gasteiger partial charge >= 0.3 is 0 Å². The van der Waals surface area contributed by atoms with Gasteiger partial charge in [0.15, 0.2) is 0 Å². The molecule has 0 aliphatic heterocycles. The molecule has 1 aromatic rings. The van der Waals surface area contributed by atoms with E-state index >= 15 is 0 Å². The van der Waals surface area contributed by atoms with Crippen molar-refractivity contribution in [2.45, 2.75) is 47.0 Å². The molecule has 94 valence electrons. The van der Waals surface area contributed by atoms with Crippen molar-refractivity contribution in [2.24, 2.45) is 17.3 Å². The predicted molar refractivity (Wildman–Crippen MR) is 75.0 cm³/mol. The largest absolute Gasteiger partial charge is 0.367 e. The van der Waals surface area contributed by atoms with Crippen LogP contribution >= 0.6 is 0 Å². The summed E-state index contributed by atoms with van der Waals surface area (Å²) in [5.41, 5.74) is 3.28. The lowest BCUT2D eigenvalue weighted by molar-refractivity contribution is 0.0903. The number of aromatic amines is 1. The normalized spacial score (nSPS) is 20.9. The van der Waals surface area contributed by atoms with Crippen molar-refractivity contribution < 1.29 is 0 Å². The van der Waals surface area contributed by atoms with Crippen molar-refractivity contribution in [2.75, 3.05) is 0 Å². The van der Waals surface area contributed by atoms with E-state index in [9.17, 15) is 0 Å². The third-order valence-electron chi connectivity index (χ3n) is 4.79. The maximum Gasteiger partial charge on any atom is 0.0105 e. The van der Waals surface area contributed by atoms with Gasteiger partial charge in [0.25, 0.3) is 0 Å². The van der Waals surface area contributed by atoms with E-state index in [1.165, 1.54) is 11.1 Å². The van der Waals surface area contributed by atoms with Gasteiger partial charge in [-0.15, -0.1) is 0 Å². The van der Waals surface area contributed by atoms with Gasteiger partial charge in [0.1, 0.15) is 0 Å². The number of fused-ring (bicyclic) bond motifs is 1. The Morgan fingerprint density at radius 3 is 2.12 bits per heavy atom. The molecule has 0 atom stereocenters. The van der Waals surface area contributed by atoms with E-state index in [2.05, 4.69) is 71.1 Å². The molecule has 0 saturated carbocycles.